The van der Waals surface area contributed by atoms with Crippen molar-refractivity contribution in [2.75, 3.05) is 0 Å². The molecule has 1 aromatic rings. The number of hydrogen-bond acceptors (Lipinski definition) is 4. The number of rotatable bonds is 4. The van der Waals surface area contributed by atoms with E-state index in [1.807, 2.05) is 0 Å². The first-order valence-electron chi connectivity index (χ1n) is 5.88. The molecule has 106 valence electrons. The first kappa shape index (κ1) is 14.8. The minimum atomic E-state index is -3.84. The Morgan fingerprint density at radius 3 is 2.42 bits per heavy atom. The van der Waals surface area contributed by atoms with Crippen LogP contribution >= 0.6 is 22.9 Å². The van der Waals surface area contributed by atoms with Gasteiger partial charge in [-0.2, -0.15) is 4.72 Å². The maximum absolute atomic E-state index is 12.2. The van der Waals surface area contributed by atoms with Crippen molar-refractivity contribution in [2.24, 2.45) is 0 Å². The average Bonchev–Trinajstić information content (AvgIpc) is 2.77. The SMILES string of the molecule is O=C(O)C1(NS(=O)(=O)c2ccc(Cl)s2)CCCCC1. The standard InChI is InChI=1S/C11H14ClNO4S2/c12-8-4-5-9(18-8)19(16,17)13-11(10(14)15)6-2-1-3-7-11/h4-5,13H,1-3,6-7H2,(H,14,15). The average molecular weight is 324 g/mol. The summed E-state index contributed by atoms with van der Waals surface area (Å²) in [6, 6.07) is 2.86. The fourth-order valence-electron chi connectivity index (χ4n) is 2.26. The van der Waals surface area contributed by atoms with Gasteiger partial charge in [0.15, 0.2) is 0 Å². The van der Waals surface area contributed by atoms with Crippen LogP contribution in [0, 0.1) is 0 Å². The molecule has 0 radical (unpaired) electrons. The van der Waals surface area contributed by atoms with E-state index in [0.717, 1.165) is 17.8 Å². The van der Waals surface area contributed by atoms with Crippen molar-refractivity contribution in [1.29, 1.82) is 0 Å². The Bertz CT molecular complexity index is 575. The Kier molecular flexibility index (Phi) is 4.20. The van der Waals surface area contributed by atoms with Gasteiger partial charge < -0.3 is 5.11 Å². The topological polar surface area (TPSA) is 83.5 Å². The first-order chi connectivity index (χ1) is 8.86. The van der Waals surface area contributed by atoms with E-state index >= 15 is 0 Å². The van der Waals surface area contributed by atoms with Crippen LogP contribution in [-0.4, -0.2) is 25.0 Å². The molecule has 0 spiro atoms. The van der Waals surface area contributed by atoms with Crippen molar-refractivity contribution in [3.8, 4) is 0 Å². The third-order valence-electron chi connectivity index (χ3n) is 3.26. The summed E-state index contributed by atoms with van der Waals surface area (Å²) in [4.78, 5) is 11.4. The number of sulfonamides is 1. The third-order valence-corrected chi connectivity index (χ3v) is 6.52. The van der Waals surface area contributed by atoms with E-state index in [1.54, 1.807) is 0 Å². The molecular weight excluding hydrogens is 310 g/mol. The monoisotopic (exact) mass is 323 g/mol. The molecule has 1 aromatic heterocycles. The summed E-state index contributed by atoms with van der Waals surface area (Å²) in [7, 11) is -3.84. The van der Waals surface area contributed by atoms with Crippen molar-refractivity contribution in [2.45, 2.75) is 41.9 Å². The summed E-state index contributed by atoms with van der Waals surface area (Å²) in [5, 5.41) is 9.35. The van der Waals surface area contributed by atoms with Crippen molar-refractivity contribution in [3.05, 3.63) is 16.5 Å². The largest absolute Gasteiger partial charge is 0.480 e. The molecule has 19 heavy (non-hydrogen) atoms. The summed E-state index contributed by atoms with van der Waals surface area (Å²) in [6.45, 7) is 0. The molecule has 8 heteroatoms. The van der Waals surface area contributed by atoms with Gasteiger partial charge in [-0.1, -0.05) is 30.9 Å². The van der Waals surface area contributed by atoms with Crippen LogP contribution < -0.4 is 4.72 Å². The minimum Gasteiger partial charge on any atom is -0.480 e. The minimum absolute atomic E-state index is 0.0451. The molecule has 0 amide bonds. The van der Waals surface area contributed by atoms with Gasteiger partial charge in [-0.05, 0) is 25.0 Å². The van der Waals surface area contributed by atoms with Gasteiger partial charge in [0.25, 0.3) is 10.0 Å². The van der Waals surface area contributed by atoms with E-state index in [1.165, 1.54) is 12.1 Å². The molecule has 2 N–H and O–H groups in total. The van der Waals surface area contributed by atoms with E-state index in [4.69, 9.17) is 11.6 Å². The molecular formula is C11H14ClNO4S2. The highest BCUT2D eigenvalue weighted by Crippen LogP contribution is 2.32. The van der Waals surface area contributed by atoms with Gasteiger partial charge in [0.05, 0.1) is 4.34 Å². The Morgan fingerprint density at radius 1 is 1.32 bits per heavy atom. The Morgan fingerprint density at radius 2 is 1.95 bits per heavy atom. The number of halogens is 1. The predicted octanol–water partition coefficient (Wildman–Crippen LogP) is 2.47. The number of thiophene rings is 1. The molecule has 1 aliphatic rings. The lowest BCUT2D eigenvalue weighted by molar-refractivity contribution is -0.145. The summed E-state index contributed by atoms with van der Waals surface area (Å²) in [6.07, 6.45) is 2.99. The normalized spacial score (nSPS) is 19.2. The first-order valence-corrected chi connectivity index (χ1v) is 8.56. The second-order valence-corrected chi connectivity index (χ2v) is 8.24. The molecule has 0 aromatic carbocycles. The van der Waals surface area contributed by atoms with Crippen molar-refractivity contribution in [1.82, 2.24) is 4.72 Å². The number of nitrogens with one attached hydrogen (secondary N) is 1. The summed E-state index contributed by atoms with van der Waals surface area (Å²) in [5.74, 6) is -1.11. The van der Waals surface area contributed by atoms with Gasteiger partial charge in [0.2, 0.25) is 0 Å². The molecule has 1 fully saturated rings. The van der Waals surface area contributed by atoms with E-state index in [-0.39, 0.29) is 4.21 Å². The predicted molar refractivity (Wildman–Crippen MR) is 73.1 cm³/mol. The number of carboxylic acid groups (broad SMARTS) is 1. The molecule has 1 aliphatic carbocycles. The molecule has 0 saturated heterocycles. The van der Waals surface area contributed by atoms with Gasteiger partial charge in [-0.15, -0.1) is 11.3 Å². The number of aliphatic carboxylic acids is 1. The van der Waals surface area contributed by atoms with E-state index in [0.29, 0.717) is 30.0 Å². The smallest absolute Gasteiger partial charge is 0.324 e. The lowest BCUT2D eigenvalue weighted by Gasteiger charge is -2.33. The van der Waals surface area contributed by atoms with Crippen LogP contribution in [0.4, 0.5) is 0 Å². The van der Waals surface area contributed by atoms with Crippen LogP contribution in [0.3, 0.4) is 0 Å². The zero-order valence-electron chi connectivity index (χ0n) is 10.1. The Hall–Kier alpha value is -0.630. The maximum atomic E-state index is 12.2. The highest BCUT2D eigenvalue weighted by Gasteiger charge is 2.43. The van der Waals surface area contributed by atoms with Gasteiger partial charge in [-0.3, -0.25) is 4.79 Å². The lowest BCUT2D eigenvalue weighted by atomic mass is 9.83. The molecule has 0 unspecified atom stereocenters. The van der Waals surface area contributed by atoms with Crippen molar-refractivity contribution in [3.63, 3.8) is 0 Å². The van der Waals surface area contributed by atoms with Gasteiger partial charge in [0.1, 0.15) is 9.75 Å². The van der Waals surface area contributed by atoms with Gasteiger partial charge >= 0.3 is 5.97 Å². The molecule has 5 nitrogen and oxygen atoms in total. The summed E-state index contributed by atoms with van der Waals surface area (Å²) < 4.78 is 27.2. The second kappa shape index (κ2) is 5.40. The van der Waals surface area contributed by atoms with Crippen LogP contribution in [0.1, 0.15) is 32.1 Å². The zero-order valence-corrected chi connectivity index (χ0v) is 12.4. The van der Waals surface area contributed by atoms with Gasteiger partial charge in [0, 0.05) is 0 Å². The van der Waals surface area contributed by atoms with E-state index in [9.17, 15) is 18.3 Å². The van der Waals surface area contributed by atoms with Crippen molar-refractivity contribution >= 4 is 38.9 Å². The molecule has 0 aliphatic heterocycles. The van der Waals surface area contributed by atoms with Crippen LogP contribution in [0.15, 0.2) is 16.3 Å². The van der Waals surface area contributed by atoms with E-state index < -0.39 is 21.5 Å². The quantitative estimate of drug-likeness (QED) is 0.891. The highest BCUT2D eigenvalue weighted by atomic mass is 35.5. The van der Waals surface area contributed by atoms with Gasteiger partial charge in [-0.25, -0.2) is 8.42 Å². The number of carboxylic acids is 1. The summed E-state index contributed by atoms with van der Waals surface area (Å²) in [5.41, 5.74) is -1.38. The van der Waals surface area contributed by atoms with Crippen molar-refractivity contribution < 1.29 is 18.3 Å². The highest BCUT2D eigenvalue weighted by molar-refractivity contribution is 7.91. The maximum Gasteiger partial charge on any atom is 0.324 e. The Labute approximate surface area is 120 Å². The third kappa shape index (κ3) is 3.10. The number of carbonyl (C=O) groups is 1. The number of hydrogen-bond donors (Lipinski definition) is 2. The van der Waals surface area contributed by atoms with Crippen LogP contribution in [0.2, 0.25) is 4.34 Å². The zero-order chi connectivity index (χ0) is 14.1. The lowest BCUT2D eigenvalue weighted by Crippen LogP contribution is -2.55. The van der Waals surface area contributed by atoms with Crippen LogP contribution in [-0.2, 0) is 14.8 Å². The van der Waals surface area contributed by atoms with E-state index in [2.05, 4.69) is 4.72 Å². The van der Waals surface area contributed by atoms with Crippen LogP contribution in [0.25, 0.3) is 0 Å². The molecule has 1 heterocycles. The summed E-state index contributed by atoms with van der Waals surface area (Å²) >= 11 is 6.63. The molecule has 2 rings (SSSR count). The second-order valence-electron chi connectivity index (χ2n) is 4.61. The molecule has 1 saturated carbocycles. The fraction of sp³-hybridized carbons (Fsp3) is 0.545. The molecule has 0 bridgehead atoms. The van der Waals surface area contributed by atoms with Crippen LogP contribution in [0.5, 0.6) is 0 Å². The fourth-order valence-corrected chi connectivity index (χ4v) is 5.17. The Balaban J connectivity index is 2.29. The molecule has 0 atom stereocenters.